The van der Waals surface area contributed by atoms with Crippen molar-refractivity contribution < 1.29 is 5.11 Å². The van der Waals surface area contributed by atoms with E-state index < -0.39 is 5.60 Å². The van der Waals surface area contributed by atoms with Gasteiger partial charge in [-0.3, -0.25) is 0 Å². The molecule has 6 heteroatoms. The molecule has 5 nitrogen and oxygen atoms in total. The van der Waals surface area contributed by atoms with Gasteiger partial charge in [0.2, 0.25) is 5.95 Å². The molecule has 1 unspecified atom stereocenters. The van der Waals surface area contributed by atoms with Crippen molar-refractivity contribution in [2.24, 2.45) is 5.92 Å². The lowest BCUT2D eigenvalue weighted by molar-refractivity contribution is 0.0515. The zero-order chi connectivity index (χ0) is 14.8. The molecule has 0 fully saturated rings. The van der Waals surface area contributed by atoms with E-state index in [0.29, 0.717) is 18.4 Å². The van der Waals surface area contributed by atoms with Crippen LogP contribution in [0.3, 0.4) is 0 Å². The quantitative estimate of drug-likeness (QED) is 0.764. The largest absolute Gasteiger partial charge is 0.388 e. The van der Waals surface area contributed by atoms with Crippen molar-refractivity contribution in [2.75, 3.05) is 24.2 Å². The highest BCUT2D eigenvalue weighted by atomic mass is 32.1. The number of anilines is 2. The molecule has 0 saturated carbocycles. The Morgan fingerprint density at radius 2 is 2.15 bits per heavy atom. The van der Waals surface area contributed by atoms with Gasteiger partial charge >= 0.3 is 0 Å². The zero-order valence-electron chi connectivity index (χ0n) is 12.4. The van der Waals surface area contributed by atoms with Crippen LogP contribution >= 0.6 is 11.3 Å². The molecule has 0 bridgehead atoms. The van der Waals surface area contributed by atoms with E-state index in [-0.39, 0.29) is 0 Å². The molecule has 0 radical (unpaired) electrons. The molecule has 1 atom stereocenters. The van der Waals surface area contributed by atoms with Gasteiger partial charge in [-0.15, -0.1) is 11.3 Å². The summed E-state index contributed by atoms with van der Waals surface area (Å²) in [6.07, 6.45) is 0.747. The van der Waals surface area contributed by atoms with Crippen LogP contribution < -0.4 is 10.6 Å². The zero-order valence-corrected chi connectivity index (χ0v) is 13.2. The van der Waals surface area contributed by atoms with Gasteiger partial charge in [0, 0.05) is 13.6 Å². The first-order valence-corrected chi connectivity index (χ1v) is 7.68. The number of thiophene rings is 1. The van der Waals surface area contributed by atoms with Crippen molar-refractivity contribution in [1.29, 1.82) is 0 Å². The van der Waals surface area contributed by atoms with E-state index in [9.17, 15) is 5.11 Å². The Bertz CT molecular complexity index is 580. The third-order valence-corrected chi connectivity index (χ3v) is 3.84. The first kappa shape index (κ1) is 15.0. The summed E-state index contributed by atoms with van der Waals surface area (Å²) >= 11 is 1.58. The number of aliphatic hydroxyl groups is 1. The lowest BCUT2D eigenvalue weighted by Crippen LogP contribution is -2.35. The van der Waals surface area contributed by atoms with Gasteiger partial charge in [0.15, 0.2) is 0 Å². The highest BCUT2D eigenvalue weighted by molar-refractivity contribution is 7.16. The van der Waals surface area contributed by atoms with Crippen molar-refractivity contribution >= 4 is 33.3 Å². The van der Waals surface area contributed by atoms with Gasteiger partial charge in [-0.1, -0.05) is 13.8 Å². The average molecular weight is 294 g/mol. The molecule has 20 heavy (non-hydrogen) atoms. The predicted molar refractivity (Wildman–Crippen MR) is 85.5 cm³/mol. The van der Waals surface area contributed by atoms with E-state index in [4.69, 9.17) is 0 Å². The number of hydrogen-bond acceptors (Lipinski definition) is 6. The molecular formula is C14H22N4OS. The molecule has 3 N–H and O–H groups in total. The van der Waals surface area contributed by atoms with Crippen molar-refractivity contribution in [2.45, 2.75) is 32.8 Å². The topological polar surface area (TPSA) is 70.1 Å². The van der Waals surface area contributed by atoms with Crippen LogP contribution in [0.1, 0.15) is 27.2 Å². The van der Waals surface area contributed by atoms with Crippen LogP contribution in [0.2, 0.25) is 0 Å². The Balaban J connectivity index is 2.18. The number of aromatic nitrogens is 2. The Hall–Kier alpha value is -1.40. The van der Waals surface area contributed by atoms with Crippen LogP contribution in [0.15, 0.2) is 11.4 Å². The van der Waals surface area contributed by atoms with Crippen LogP contribution in [-0.4, -0.2) is 34.3 Å². The van der Waals surface area contributed by atoms with Crippen molar-refractivity contribution in [3.8, 4) is 0 Å². The van der Waals surface area contributed by atoms with Gasteiger partial charge in [0.1, 0.15) is 10.6 Å². The maximum atomic E-state index is 10.4. The van der Waals surface area contributed by atoms with Gasteiger partial charge in [0.05, 0.1) is 11.0 Å². The highest BCUT2D eigenvalue weighted by Gasteiger charge is 2.22. The first-order valence-electron chi connectivity index (χ1n) is 6.80. The summed E-state index contributed by atoms with van der Waals surface area (Å²) < 4.78 is 0. The maximum Gasteiger partial charge on any atom is 0.225 e. The third-order valence-electron chi connectivity index (χ3n) is 3.03. The minimum Gasteiger partial charge on any atom is -0.388 e. The van der Waals surface area contributed by atoms with Gasteiger partial charge in [-0.25, -0.2) is 4.98 Å². The van der Waals surface area contributed by atoms with Crippen molar-refractivity contribution in [3.05, 3.63) is 11.4 Å². The molecule has 0 aliphatic rings. The number of nitrogens with zero attached hydrogens (tertiary/aromatic N) is 2. The smallest absolute Gasteiger partial charge is 0.225 e. The van der Waals surface area contributed by atoms with Gasteiger partial charge in [0.25, 0.3) is 0 Å². The Morgan fingerprint density at radius 1 is 1.40 bits per heavy atom. The van der Waals surface area contributed by atoms with Crippen LogP contribution in [-0.2, 0) is 0 Å². The fourth-order valence-corrected chi connectivity index (χ4v) is 3.09. The van der Waals surface area contributed by atoms with Gasteiger partial charge in [-0.2, -0.15) is 4.98 Å². The van der Waals surface area contributed by atoms with Gasteiger partial charge < -0.3 is 15.7 Å². The van der Waals surface area contributed by atoms with E-state index in [0.717, 1.165) is 22.5 Å². The van der Waals surface area contributed by atoms with Crippen LogP contribution in [0, 0.1) is 5.92 Å². The van der Waals surface area contributed by atoms with E-state index in [1.54, 1.807) is 18.4 Å². The van der Waals surface area contributed by atoms with E-state index in [1.165, 1.54) is 0 Å². The summed E-state index contributed by atoms with van der Waals surface area (Å²) in [6.45, 7) is 6.53. The molecule has 0 aromatic carbocycles. The Kier molecular flexibility index (Phi) is 4.45. The second-order valence-electron chi connectivity index (χ2n) is 5.73. The lowest BCUT2D eigenvalue weighted by Gasteiger charge is -2.26. The van der Waals surface area contributed by atoms with Crippen molar-refractivity contribution in [1.82, 2.24) is 9.97 Å². The Morgan fingerprint density at radius 3 is 2.80 bits per heavy atom. The summed E-state index contributed by atoms with van der Waals surface area (Å²) in [7, 11) is 1.80. The van der Waals surface area contributed by atoms with Crippen LogP contribution in [0.5, 0.6) is 0 Å². The fourth-order valence-electron chi connectivity index (χ4n) is 2.33. The molecule has 2 heterocycles. The van der Waals surface area contributed by atoms with Crippen molar-refractivity contribution in [3.63, 3.8) is 0 Å². The molecule has 0 aliphatic carbocycles. The minimum absolute atomic E-state index is 0.450. The SMILES string of the molecule is CNc1nc(NCC(C)(O)CC(C)C)c2ccsc2n1. The number of nitrogens with one attached hydrogen (secondary N) is 2. The van der Waals surface area contributed by atoms with E-state index >= 15 is 0 Å². The summed E-state index contributed by atoms with van der Waals surface area (Å²) in [5, 5.41) is 19.6. The highest BCUT2D eigenvalue weighted by Crippen LogP contribution is 2.27. The monoisotopic (exact) mass is 294 g/mol. The fraction of sp³-hybridized carbons (Fsp3) is 0.571. The normalized spacial score (nSPS) is 14.5. The molecule has 0 spiro atoms. The molecular weight excluding hydrogens is 272 g/mol. The molecule has 2 aromatic rings. The molecule has 2 aromatic heterocycles. The molecule has 0 aliphatic heterocycles. The second-order valence-corrected chi connectivity index (χ2v) is 6.63. The standard InChI is InChI=1S/C14H22N4OS/c1-9(2)7-14(3,19)8-16-11-10-5-6-20-12(10)18-13(15-4)17-11/h5-6,9,19H,7-8H2,1-4H3,(H2,15,16,17,18). The summed E-state index contributed by atoms with van der Waals surface area (Å²) in [4.78, 5) is 9.78. The molecule has 0 amide bonds. The number of hydrogen-bond donors (Lipinski definition) is 3. The number of fused-ring (bicyclic) bond motifs is 1. The average Bonchev–Trinajstić information content (AvgIpc) is 2.82. The molecule has 110 valence electrons. The summed E-state index contributed by atoms with van der Waals surface area (Å²) in [5.41, 5.74) is -0.749. The summed E-state index contributed by atoms with van der Waals surface area (Å²) in [5.74, 6) is 1.81. The minimum atomic E-state index is -0.749. The third kappa shape index (κ3) is 3.58. The second kappa shape index (κ2) is 5.93. The van der Waals surface area contributed by atoms with Crippen LogP contribution in [0.4, 0.5) is 11.8 Å². The molecule has 0 saturated heterocycles. The number of rotatable bonds is 6. The van der Waals surface area contributed by atoms with E-state index in [2.05, 4.69) is 34.4 Å². The lowest BCUT2D eigenvalue weighted by atomic mass is 9.94. The van der Waals surface area contributed by atoms with E-state index in [1.807, 2.05) is 18.4 Å². The molecule has 2 rings (SSSR count). The first-order chi connectivity index (χ1) is 9.41. The maximum absolute atomic E-state index is 10.4. The van der Waals surface area contributed by atoms with Gasteiger partial charge in [-0.05, 0) is 30.7 Å². The Labute approximate surface area is 123 Å². The predicted octanol–water partition coefficient (Wildman–Crippen LogP) is 2.94. The summed E-state index contributed by atoms with van der Waals surface area (Å²) in [6, 6.07) is 2.00. The van der Waals surface area contributed by atoms with Crippen LogP contribution in [0.25, 0.3) is 10.2 Å².